The van der Waals surface area contributed by atoms with Gasteiger partial charge in [-0.05, 0) is 55.6 Å². The zero-order valence-corrected chi connectivity index (χ0v) is 23.8. The number of likely N-dealkylation sites (N-methyl/N-ethyl adjacent to an activating group) is 1. The number of nitrogens with one attached hydrogen (secondary N) is 2. The van der Waals surface area contributed by atoms with Crippen LogP contribution in [0.1, 0.15) is 32.0 Å². The minimum absolute atomic E-state index is 0.0309. The molecule has 0 spiro atoms. The van der Waals surface area contributed by atoms with Crippen LogP contribution in [0.15, 0.2) is 88.3 Å². The molecule has 3 heterocycles. The molecule has 6 rings (SSSR count). The number of aromatic hydroxyl groups is 1. The van der Waals surface area contributed by atoms with E-state index in [-0.39, 0.29) is 23.4 Å². The lowest BCUT2D eigenvalue weighted by Crippen LogP contribution is -2.44. The fourth-order valence-corrected chi connectivity index (χ4v) is 5.08. The van der Waals surface area contributed by atoms with Gasteiger partial charge in [0.25, 0.3) is 11.9 Å². The quantitative estimate of drug-likeness (QED) is 0.165. The lowest BCUT2D eigenvalue weighted by atomic mass is 10.0. The fraction of sp³-hybridized carbons (Fsp3) is 0.182. The van der Waals surface area contributed by atoms with Gasteiger partial charge in [-0.2, -0.15) is 0 Å². The highest BCUT2D eigenvalue weighted by molar-refractivity contribution is 6.13. The van der Waals surface area contributed by atoms with Gasteiger partial charge in [0.2, 0.25) is 0 Å². The molecular formula is C33H31N5O5. The van der Waals surface area contributed by atoms with Gasteiger partial charge >= 0.3 is 0 Å². The number of carbonyl (C=O) groups excluding carboxylic acids is 2. The second kappa shape index (κ2) is 11.9. The number of H-pyrrole nitrogens is 1. The number of nitrogens with zero attached hydrogens (tertiary/aromatic N) is 3. The van der Waals surface area contributed by atoms with Gasteiger partial charge in [-0.3, -0.25) is 14.6 Å². The number of ketones is 1. The number of anilines is 2. The molecule has 0 aliphatic carbocycles. The number of carbonyl (C=O) groups is 2. The highest BCUT2D eigenvalue weighted by Gasteiger charge is 2.17. The van der Waals surface area contributed by atoms with Crippen LogP contribution in [0.4, 0.5) is 17.1 Å². The summed E-state index contributed by atoms with van der Waals surface area (Å²) in [5.41, 5.74) is 4.35. The Morgan fingerprint density at radius 2 is 1.74 bits per heavy atom. The number of rotatable bonds is 8. The number of hydrogen-bond acceptors (Lipinski definition) is 8. The van der Waals surface area contributed by atoms with Crippen molar-refractivity contribution in [2.45, 2.75) is 0 Å². The summed E-state index contributed by atoms with van der Waals surface area (Å²) >= 11 is 0. The molecule has 1 aliphatic rings. The first-order valence-electron chi connectivity index (χ1n) is 13.9. The molecule has 3 aromatic carbocycles. The van der Waals surface area contributed by atoms with Gasteiger partial charge in [0.1, 0.15) is 0 Å². The SMILES string of the molecule is COc1ccc(C(=O)Nc2cccc(C(=O)c3ccc4c(C=Nc5ccc(N6CCN(C)CC6)cc5)c(O)[nH]c4c3)c2)o1. The van der Waals surface area contributed by atoms with Crippen LogP contribution < -0.4 is 15.0 Å². The molecular weight excluding hydrogens is 546 g/mol. The first-order valence-corrected chi connectivity index (χ1v) is 13.9. The monoisotopic (exact) mass is 577 g/mol. The number of piperazine rings is 1. The number of fused-ring (bicyclic) bond motifs is 1. The third-order valence-corrected chi connectivity index (χ3v) is 7.53. The summed E-state index contributed by atoms with van der Waals surface area (Å²) in [5.74, 6) is -0.410. The fourth-order valence-electron chi connectivity index (χ4n) is 5.08. The lowest BCUT2D eigenvalue weighted by Gasteiger charge is -2.34. The van der Waals surface area contributed by atoms with Crippen LogP contribution in [-0.4, -0.2) is 73.2 Å². The van der Waals surface area contributed by atoms with E-state index >= 15 is 0 Å². The number of hydrogen-bond donors (Lipinski definition) is 3. The maximum Gasteiger partial charge on any atom is 0.291 e. The Bertz CT molecular complexity index is 1810. The summed E-state index contributed by atoms with van der Waals surface area (Å²) in [6, 6.07) is 23.0. The number of aliphatic imine (C=N–C) groups is 1. The molecule has 1 aliphatic heterocycles. The molecule has 0 unspecified atom stereocenters. The predicted octanol–water partition coefficient (Wildman–Crippen LogP) is 5.46. The molecule has 10 nitrogen and oxygen atoms in total. The minimum Gasteiger partial charge on any atom is -0.494 e. The maximum absolute atomic E-state index is 13.3. The van der Waals surface area contributed by atoms with Crippen molar-refractivity contribution < 1.29 is 23.8 Å². The molecule has 2 aromatic heterocycles. The second-order valence-corrected chi connectivity index (χ2v) is 10.4. The minimum atomic E-state index is -0.462. The molecule has 1 amide bonds. The number of benzene rings is 3. The molecule has 0 bridgehead atoms. The van der Waals surface area contributed by atoms with Crippen molar-refractivity contribution in [1.82, 2.24) is 9.88 Å². The highest BCUT2D eigenvalue weighted by atomic mass is 16.6. The van der Waals surface area contributed by atoms with Gasteiger partial charge in [0.15, 0.2) is 17.4 Å². The third kappa shape index (κ3) is 6.00. The Morgan fingerprint density at radius 3 is 2.49 bits per heavy atom. The molecule has 43 heavy (non-hydrogen) atoms. The van der Waals surface area contributed by atoms with E-state index in [9.17, 15) is 14.7 Å². The average molecular weight is 578 g/mol. The zero-order valence-electron chi connectivity index (χ0n) is 23.8. The van der Waals surface area contributed by atoms with Gasteiger partial charge in [0.05, 0.1) is 18.4 Å². The smallest absolute Gasteiger partial charge is 0.291 e. The first kappa shape index (κ1) is 27.8. The first-order chi connectivity index (χ1) is 20.9. The van der Waals surface area contributed by atoms with Crippen LogP contribution in [0.3, 0.4) is 0 Å². The predicted molar refractivity (Wildman–Crippen MR) is 166 cm³/mol. The van der Waals surface area contributed by atoms with Gasteiger partial charge in [-0.1, -0.05) is 24.3 Å². The van der Waals surface area contributed by atoms with Crippen molar-refractivity contribution in [1.29, 1.82) is 0 Å². The number of methoxy groups -OCH3 is 1. The second-order valence-electron chi connectivity index (χ2n) is 10.4. The summed E-state index contributed by atoms with van der Waals surface area (Å²) in [6.45, 7) is 4.08. The van der Waals surface area contributed by atoms with Gasteiger partial charge in [-0.15, -0.1) is 0 Å². The molecule has 1 saturated heterocycles. The molecule has 0 radical (unpaired) electrons. The zero-order chi connectivity index (χ0) is 29.9. The largest absolute Gasteiger partial charge is 0.494 e. The standard InChI is InChI=1S/C33H31N5O5/c1-37-14-16-38(17-15-37)25-9-7-23(8-10-25)34-20-27-26-11-6-22(19-28(26)36-32(27)40)31(39)21-4-3-5-24(18-21)35-33(41)29-12-13-30(42-2)43-29/h3-13,18-20,36,40H,14-17H2,1-2H3,(H,35,41). The van der Waals surface area contributed by atoms with E-state index in [4.69, 9.17) is 9.15 Å². The Kier molecular flexibility index (Phi) is 7.67. The maximum atomic E-state index is 13.3. The highest BCUT2D eigenvalue weighted by Crippen LogP contribution is 2.29. The Morgan fingerprint density at radius 1 is 0.977 bits per heavy atom. The van der Waals surface area contributed by atoms with Crippen LogP contribution in [-0.2, 0) is 0 Å². The van der Waals surface area contributed by atoms with Crippen molar-refractivity contribution in [2.24, 2.45) is 4.99 Å². The molecule has 0 atom stereocenters. The van der Waals surface area contributed by atoms with Crippen molar-refractivity contribution in [3.63, 3.8) is 0 Å². The van der Waals surface area contributed by atoms with Crippen molar-refractivity contribution >= 4 is 45.9 Å². The van der Waals surface area contributed by atoms with Crippen LogP contribution in [0.5, 0.6) is 11.8 Å². The third-order valence-electron chi connectivity index (χ3n) is 7.53. The van der Waals surface area contributed by atoms with Gasteiger partial charge in [0, 0.05) is 71.9 Å². The van der Waals surface area contributed by atoms with Crippen LogP contribution in [0.2, 0.25) is 0 Å². The Hall–Kier alpha value is -5.35. The molecule has 5 aromatic rings. The van der Waals surface area contributed by atoms with Crippen molar-refractivity contribution in [3.8, 4) is 11.8 Å². The molecule has 1 fully saturated rings. The average Bonchev–Trinajstić information content (AvgIpc) is 3.64. The number of amides is 1. The molecule has 218 valence electrons. The summed E-state index contributed by atoms with van der Waals surface area (Å²) in [4.78, 5) is 38.1. The van der Waals surface area contributed by atoms with E-state index in [1.165, 1.54) is 18.9 Å². The van der Waals surface area contributed by atoms with Gasteiger partial charge < -0.3 is 34.4 Å². The topological polar surface area (TPSA) is 123 Å². The molecule has 10 heteroatoms. The van der Waals surface area contributed by atoms with Gasteiger partial charge in [-0.25, -0.2) is 0 Å². The summed E-state index contributed by atoms with van der Waals surface area (Å²) in [6.07, 6.45) is 1.63. The summed E-state index contributed by atoms with van der Waals surface area (Å²) in [7, 11) is 3.59. The number of aromatic amines is 1. The van der Waals surface area contributed by atoms with E-state index in [1.54, 1.807) is 54.7 Å². The number of furan rings is 1. The summed E-state index contributed by atoms with van der Waals surface area (Å²) in [5, 5.41) is 14.1. The number of aromatic nitrogens is 1. The van der Waals surface area contributed by atoms with Crippen LogP contribution in [0, 0.1) is 0 Å². The Balaban J connectivity index is 1.16. The van der Waals surface area contributed by atoms with E-state index in [0.29, 0.717) is 27.9 Å². The van der Waals surface area contributed by atoms with Crippen LogP contribution in [0.25, 0.3) is 10.9 Å². The van der Waals surface area contributed by atoms with E-state index < -0.39 is 5.91 Å². The van der Waals surface area contributed by atoms with E-state index in [2.05, 4.69) is 44.3 Å². The number of ether oxygens (including phenoxy) is 1. The summed E-state index contributed by atoms with van der Waals surface area (Å²) < 4.78 is 10.3. The van der Waals surface area contributed by atoms with E-state index in [0.717, 1.165) is 37.3 Å². The molecule has 3 N–H and O–H groups in total. The Labute approximate surface area is 248 Å². The normalized spacial score (nSPS) is 14.0. The lowest BCUT2D eigenvalue weighted by molar-refractivity contribution is 0.0988. The molecule has 0 saturated carbocycles. The van der Waals surface area contributed by atoms with Crippen molar-refractivity contribution in [2.75, 3.05) is 50.6 Å². The van der Waals surface area contributed by atoms with Crippen LogP contribution >= 0.6 is 0 Å². The van der Waals surface area contributed by atoms with E-state index in [1.807, 2.05) is 12.1 Å². The van der Waals surface area contributed by atoms with Crippen molar-refractivity contribution in [3.05, 3.63) is 101 Å².